The van der Waals surface area contributed by atoms with Crippen LogP contribution in [0.2, 0.25) is 0 Å². The molecule has 0 bridgehead atoms. The minimum absolute atomic E-state index is 0.659. The van der Waals surface area contributed by atoms with Crippen LogP contribution in [0.4, 0.5) is 0 Å². The van der Waals surface area contributed by atoms with Crippen LogP contribution in [0.25, 0.3) is 120 Å². The zero-order valence-corrected chi connectivity index (χ0v) is 45.5. The third-order valence-electron chi connectivity index (χ3n) is 17.8. The second-order valence-corrected chi connectivity index (χ2v) is 22.2. The van der Waals surface area contributed by atoms with Crippen LogP contribution in [0.15, 0.2) is 121 Å². The maximum atomic E-state index is 5.39. The van der Waals surface area contributed by atoms with Crippen LogP contribution in [-0.2, 0) is 0 Å². The molecule has 74 heavy (non-hydrogen) atoms. The number of hydrogen-bond acceptors (Lipinski definition) is 4. The minimum Gasteiger partial charge on any atom is -0.310 e. The number of rotatable bonds is 5. The standard InChI is InChI=1S/C55H46B13N5S/c56-38-35-36-39(57)43(61)48(66)50(68)52(36)72(51(35)49(67)47(65)42(38)60)22-14-15-27-32(20-22)74-31-19-18-30-33(34(27)31)26-12-6-7-13-28(26)73(30)29-17-16-25(23-10-4-5-11-24(23)29)54-69-53(21-8-2-1-3-9-21)70-55(71-54)37-40(58)44(62)46(64)45(63)41(37)59/h1-20H,56-68H2. The first kappa shape index (κ1) is 46.7. The van der Waals surface area contributed by atoms with Crippen LogP contribution in [0, 0.1) is 0 Å². The third kappa shape index (κ3) is 6.50. The molecular formula is C55H46B13N5S. The summed E-state index contributed by atoms with van der Waals surface area (Å²) in [5, 5.41) is 10.1. The van der Waals surface area contributed by atoms with E-state index in [4.69, 9.17) is 15.0 Å². The molecule has 4 aromatic heterocycles. The smallest absolute Gasteiger partial charge is 0.164 e. The molecule has 0 atom stereocenters. The molecule has 0 aliphatic carbocycles. The highest BCUT2D eigenvalue weighted by molar-refractivity contribution is 7.26. The lowest BCUT2D eigenvalue weighted by Gasteiger charge is -2.20. The summed E-state index contributed by atoms with van der Waals surface area (Å²) in [6, 6.07) is 44.5. The minimum atomic E-state index is 0.659. The zero-order valence-electron chi connectivity index (χ0n) is 44.7. The van der Waals surface area contributed by atoms with E-state index in [0.717, 1.165) is 33.2 Å². The van der Waals surface area contributed by atoms with E-state index in [1.54, 1.807) is 0 Å². The van der Waals surface area contributed by atoms with E-state index in [1.807, 2.05) is 29.5 Å². The highest BCUT2D eigenvalue weighted by atomic mass is 32.1. The van der Waals surface area contributed by atoms with E-state index in [9.17, 15) is 0 Å². The topological polar surface area (TPSA) is 48.5 Å². The first-order valence-electron chi connectivity index (χ1n) is 26.0. The Kier molecular flexibility index (Phi) is 10.7. The third-order valence-corrected chi connectivity index (χ3v) is 18.9. The molecule has 336 valence electrons. The molecule has 9 aromatic carbocycles. The van der Waals surface area contributed by atoms with Crippen molar-refractivity contribution in [1.29, 1.82) is 0 Å². The van der Waals surface area contributed by atoms with Gasteiger partial charge in [0.05, 0.1) is 16.7 Å². The van der Waals surface area contributed by atoms with Gasteiger partial charge in [-0.15, -0.1) is 38.7 Å². The van der Waals surface area contributed by atoms with Gasteiger partial charge in [-0.1, -0.05) is 123 Å². The molecule has 4 heterocycles. The summed E-state index contributed by atoms with van der Waals surface area (Å²) >= 11 is 1.90. The molecule has 0 unspecified atom stereocenters. The van der Waals surface area contributed by atoms with Gasteiger partial charge in [0.25, 0.3) is 0 Å². The Morgan fingerprint density at radius 3 is 1.54 bits per heavy atom. The number of benzene rings is 9. The Balaban J connectivity index is 1.03. The molecule has 0 aliphatic rings. The fourth-order valence-corrected chi connectivity index (χ4v) is 13.8. The van der Waals surface area contributed by atoms with Crippen LogP contribution >= 0.6 is 11.3 Å². The van der Waals surface area contributed by atoms with Crippen molar-refractivity contribution in [1.82, 2.24) is 24.1 Å². The normalized spacial score (nSPS) is 11.9. The average molecular weight is 950 g/mol. The lowest BCUT2D eigenvalue weighted by molar-refractivity contribution is 1.08. The quantitative estimate of drug-likeness (QED) is 0.162. The maximum absolute atomic E-state index is 5.39. The molecule has 0 N–H and O–H groups in total. The Hall–Kier alpha value is -7.09. The summed E-state index contributed by atoms with van der Waals surface area (Å²) in [6.07, 6.45) is 0. The van der Waals surface area contributed by atoms with Gasteiger partial charge in [-0.25, -0.2) is 15.0 Å². The molecule has 13 rings (SSSR count). The van der Waals surface area contributed by atoms with Crippen LogP contribution in [0.3, 0.4) is 0 Å². The Morgan fingerprint density at radius 2 is 0.878 bits per heavy atom. The van der Waals surface area contributed by atoms with Crippen molar-refractivity contribution in [2.45, 2.75) is 0 Å². The SMILES string of the molecule is Bc1c(B)c(B)c(-c2nc(-c3ccccc3)nc(-c3ccc(-n4c5ccccc5c5c6c(ccc54)sc4cc(-n5c7c(B)c(B)c(B)c(B)c7c7c(B)c(B)c(B)c(B)c75)ccc46)c4ccccc34)n2)c(B)c1B. The van der Waals surface area contributed by atoms with Crippen LogP contribution < -0.4 is 71.0 Å². The number of hydrogen-bond donors (Lipinski definition) is 0. The molecular weight excluding hydrogens is 903 g/mol. The first-order chi connectivity index (χ1) is 35.7. The molecule has 0 radical (unpaired) electrons. The molecule has 0 saturated carbocycles. The van der Waals surface area contributed by atoms with E-state index in [0.29, 0.717) is 17.5 Å². The molecule has 0 aliphatic heterocycles. The Morgan fingerprint density at radius 1 is 0.338 bits per heavy atom. The van der Waals surface area contributed by atoms with Gasteiger partial charge in [-0.3, -0.25) is 0 Å². The summed E-state index contributed by atoms with van der Waals surface area (Å²) in [5.74, 6) is 2.02. The van der Waals surface area contributed by atoms with Crippen LogP contribution in [-0.4, -0.2) is 126 Å². The summed E-state index contributed by atoms with van der Waals surface area (Å²) in [4.78, 5) is 15.9. The van der Waals surface area contributed by atoms with E-state index < -0.39 is 0 Å². The van der Waals surface area contributed by atoms with Gasteiger partial charge in [0.1, 0.15) is 102 Å². The summed E-state index contributed by atoms with van der Waals surface area (Å²) < 4.78 is 7.66. The van der Waals surface area contributed by atoms with Crippen LogP contribution in [0.1, 0.15) is 0 Å². The van der Waals surface area contributed by atoms with Gasteiger partial charge in [0.15, 0.2) is 17.5 Å². The van der Waals surface area contributed by atoms with E-state index in [2.05, 4.69) is 214 Å². The molecule has 5 nitrogen and oxygen atoms in total. The van der Waals surface area contributed by atoms with Gasteiger partial charge in [0, 0.05) is 69.7 Å². The van der Waals surface area contributed by atoms with Crippen molar-refractivity contribution in [2.24, 2.45) is 0 Å². The molecule has 19 heteroatoms. The highest BCUT2D eigenvalue weighted by Crippen LogP contribution is 2.45. The Labute approximate surface area is 447 Å². The fraction of sp³-hybridized carbons (Fsp3) is 0. The largest absolute Gasteiger partial charge is 0.310 e. The maximum Gasteiger partial charge on any atom is 0.164 e. The molecule has 0 spiro atoms. The van der Waals surface area contributed by atoms with Crippen molar-refractivity contribution in [3.63, 3.8) is 0 Å². The lowest BCUT2D eigenvalue weighted by atomic mass is 9.60. The van der Waals surface area contributed by atoms with E-state index >= 15 is 0 Å². The van der Waals surface area contributed by atoms with E-state index in [-0.39, 0.29) is 0 Å². The number of nitrogens with zero attached hydrogens (tertiary/aromatic N) is 5. The van der Waals surface area contributed by atoms with Crippen molar-refractivity contribution < 1.29 is 0 Å². The number of fused-ring (bicyclic) bond motifs is 11. The van der Waals surface area contributed by atoms with E-state index in [1.165, 1.54) is 140 Å². The van der Waals surface area contributed by atoms with Gasteiger partial charge in [-0.2, -0.15) is 0 Å². The molecule has 0 fully saturated rings. The van der Waals surface area contributed by atoms with Crippen molar-refractivity contribution >= 4 is 259 Å². The van der Waals surface area contributed by atoms with Crippen molar-refractivity contribution in [2.75, 3.05) is 0 Å². The molecule has 13 aromatic rings. The van der Waals surface area contributed by atoms with Gasteiger partial charge >= 0.3 is 0 Å². The van der Waals surface area contributed by atoms with Gasteiger partial charge in [-0.05, 0) is 58.6 Å². The number of para-hydroxylation sites is 1. The van der Waals surface area contributed by atoms with Gasteiger partial charge in [0.2, 0.25) is 0 Å². The fourth-order valence-electron chi connectivity index (χ4n) is 12.7. The van der Waals surface area contributed by atoms with Crippen LogP contribution in [0.5, 0.6) is 0 Å². The summed E-state index contributed by atoms with van der Waals surface area (Å²) in [5.41, 5.74) is 27.6. The highest BCUT2D eigenvalue weighted by Gasteiger charge is 2.26. The number of aromatic nitrogens is 5. The van der Waals surface area contributed by atoms with Crippen molar-refractivity contribution in [3.8, 4) is 45.5 Å². The molecule has 0 saturated heterocycles. The molecule has 0 amide bonds. The monoisotopic (exact) mass is 951 g/mol. The average Bonchev–Trinajstić information content (AvgIpc) is 4.11. The van der Waals surface area contributed by atoms with Gasteiger partial charge < -0.3 is 9.13 Å². The Bertz CT molecular complexity index is 4560. The lowest BCUT2D eigenvalue weighted by Crippen LogP contribution is -2.55. The predicted octanol–water partition coefficient (Wildman–Crippen LogP) is -8.05. The zero-order chi connectivity index (χ0) is 51.3. The second kappa shape index (κ2) is 17.0. The van der Waals surface area contributed by atoms with Crippen molar-refractivity contribution in [3.05, 3.63) is 121 Å². The first-order valence-corrected chi connectivity index (χ1v) is 26.8. The summed E-state index contributed by atoms with van der Waals surface area (Å²) in [7, 11) is 29.5. The summed E-state index contributed by atoms with van der Waals surface area (Å²) in [6.45, 7) is 0. The second-order valence-electron chi connectivity index (χ2n) is 21.1. The number of thiophene rings is 1. The predicted molar refractivity (Wildman–Crippen MR) is 362 cm³/mol.